The summed E-state index contributed by atoms with van der Waals surface area (Å²) in [5, 5.41) is 8.40. The fourth-order valence-corrected chi connectivity index (χ4v) is 1.72. The Hall–Kier alpha value is -1.20. The molecule has 0 aliphatic carbocycles. The Balaban J connectivity index is 2.18. The first-order valence-corrected chi connectivity index (χ1v) is 5.45. The number of benzene rings is 1. The van der Waals surface area contributed by atoms with E-state index < -0.39 is 5.82 Å². The van der Waals surface area contributed by atoms with Crippen LogP contribution in [-0.4, -0.2) is 10.2 Å². The van der Waals surface area contributed by atoms with E-state index in [1.807, 2.05) is 0 Å². The number of halogens is 2. The minimum absolute atomic E-state index is 0.134. The third kappa shape index (κ3) is 2.43. The highest BCUT2D eigenvalue weighted by Gasteiger charge is 2.08. The maximum Gasteiger partial charge on any atom is 0.299 e. The molecular formula is C9H6ClFN2OS. The largest absolute Gasteiger partial charge is 0.427 e. The van der Waals surface area contributed by atoms with Crippen molar-refractivity contribution >= 4 is 22.9 Å². The van der Waals surface area contributed by atoms with Crippen molar-refractivity contribution in [1.29, 1.82) is 0 Å². The molecule has 6 heteroatoms. The summed E-state index contributed by atoms with van der Waals surface area (Å²) in [7, 11) is 0. The molecule has 3 nitrogen and oxygen atoms in total. The van der Waals surface area contributed by atoms with E-state index >= 15 is 0 Å². The molecule has 0 aliphatic heterocycles. The molecule has 0 amide bonds. The molecule has 0 saturated heterocycles. The van der Waals surface area contributed by atoms with Crippen molar-refractivity contribution in [3.63, 3.8) is 0 Å². The Bertz CT molecular complexity index is 463. The van der Waals surface area contributed by atoms with Crippen LogP contribution in [-0.2, 0) is 5.88 Å². The summed E-state index contributed by atoms with van der Waals surface area (Å²) in [6.07, 6.45) is 0. The van der Waals surface area contributed by atoms with Gasteiger partial charge in [0.2, 0.25) is 0 Å². The molecule has 0 saturated carbocycles. The molecule has 0 N–H and O–H groups in total. The molecule has 78 valence electrons. The van der Waals surface area contributed by atoms with Crippen LogP contribution in [0, 0.1) is 5.82 Å². The van der Waals surface area contributed by atoms with Crippen molar-refractivity contribution in [2.45, 2.75) is 5.88 Å². The number of alkyl halides is 1. The van der Waals surface area contributed by atoms with Crippen molar-refractivity contribution in [2.75, 3.05) is 0 Å². The van der Waals surface area contributed by atoms with Crippen LogP contribution < -0.4 is 4.74 Å². The van der Waals surface area contributed by atoms with E-state index in [1.165, 1.54) is 23.5 Å². The zero-order valence-corrected chi connectivity index (χ0v) is 9.06. The molecule has 0 radical (unpaired) electrons. The van der Waals surface area contributed by atoms with Crippen LogP contribution in [0.1, 0.15) is 5.01 Å². The van der Waals surface area contributed by atoms with Crippen LogP contribution in [0.15, 0.2) is 24.3 Å². The minimum Gasteiger partial charge on any atom is -0.427 e. The molecule has 1 aromatic carbocycles. The molecule has 0 fully saturated rings. The summed E-state index contributed by atoms with van der Waals surface area (Å²) in [4.78, 5) is 0. The zero-order chi connectivity index (χ0) is 10.7. The van der Waals surface area contributed by atoms with E-state index in [-0.39, 0.29) is 16.8 Å². The van der Waals surface area contributed by atoms with Crippen LogP contribution in [0.3, 0.4) is 0 Å². The quantitative estimate of drug-likeness (QED) is 0.778. The minimum atomic E-state index is -0.430. The van der Waals surface area contributed by atoms with Gasteiger partial charge < -0.3 is 4.74 Å². The second kappa shape index (κ2) is 4.55. The van der Waals surface area contributed by atoms with Gasteiger partial charge >= 0.3 is 0 Å². The van der Waals surface area contributed by atoms with Gasteiger partial charge in [0, 0.05) is 0 Å². The van der Waals surface area contributed by atoms with Crippen LogP contribution in [0.2, 0.25) is 0 Å². The first-order valence-electron chi connectivity index (χ1n) is 4.10. The number of nitrogens with zero attached hydrogens (tertiary/aromatic N) is 2. The Labute approximate surface area is 94.5 Å². The van der Waals surface area contributed by atoms with Gasteiger partial charge in [0.25, 0.3) is 5.19 Å². The summed E-state index contributed by atoms with van der Waals surface area (Å²) >= 11 is 6.75. The van der Waals surface area contributed by atoms with Gasteiger partial charge in [-0.25, -0.2) is 4.39 Å². The van der Waals surface area contributed by atoms with E-state index in [1.54, 1.807) is 12.1 Å². The third-order valence-electron chi connectivity index (χ3n) is 1.60. The highest BCUT2D eigenvalue weighted by atomic mass is 35.5. The average Bonchev–Trinajstić information content (AvgIpc) is 2.69. The first kappa shape index (κ1) is 10.3. The molecule has 2 rings (SSSR count). The lowest BCUT2D eigenvalue weighted by Crippen LogP contribution is -1.86. The van der Waals surface area contributed by atoms with Crippen LogP contribution in [0.4, 0.5) is 4.39 Å². The topological polar surface area (TPSA) is 35.0 Å². The summed E-state index contributed by atoms with van der Waals surface area (Å²) in [6.45, 7) is 0. The molecule has 0 spiro atoms. The molecule has 0 unspecified atom stereocenters. The lowest BCUT2D eigenvalue weighted by molar-refractivity contribution is 0.435. The van der Waals surface area contributed by atoms with Gasteiger partial charge in [-0.1, -0.05) is 28.6 Å². The van der Waals surface area contributed by atoms with E-state index in [2.05, 4.69) is 10.2 Å². The number of hydrogen-bond acceptors (Lipinski definition) is 4. The van der Waals surface area contributed by atoms with E-state index in [9.17, 15) is 4.39 Å². The van der Waals surface area contributed by atoms with Gasteiger partial charge in [-0.05, 0) is 12.1 Å². The smallest absolute Gasteiger partial charge is 0.299 e. The molecule has 0 aliphatic rings. The standard InChI is InChI=1S/C9H6ClFN2OS/c10-5-8-12-13-9(15-8)14-7-4-2-1-3-6(7)11/h1-4H,5H2. The maximum absolute atomic E-state index is 13.2. The van der Waals surface area contributed by atoms with Gasteiger partial charge in [0.1, 0.15) is 5.01 Å². The molecule has 15 heavy (non-hydrogen) atoms. The third-order valence-corrected chi connectivity index (χ3v) is 2.81. The lowest BCUT2D eigenvalue weighted by Gasteiger charge is -2.00. The molecule has 1 heterocycles. The van der Waals surface area contributed by atoms with Gasteiger partial charge in [-0.3, -0.25) is 0 Å². The monoisotopic (exact) mass is 244 g/mol. The van der Waals surface area contributed by atoms with Gasteiger partial charge in [-0.2, -0.15) is 0 Å². The highest BCUT2D eigenvalue weighted by Crippen LogP contribution is 2.27. The summed E-state index contributed by atoms with van der Waals surface area (Å²) in [6, 6.07) is 6.12. The molecule has 2 aromatic rings. The van der Waals surface area contributed by atoms with E-state index in [0.717, 1.165) is 0 Å². The van der Waals surface area contributed by atoms with Gasteiger partial charge in [0.05, 0.1) is 5.88 Å². The fraction of sp³-hybridized carbons (Fsp3) is 0.111. The van der Waals surface area contributed by atoms with Crippen molar-refractivity contribution in [1.82, 2.24) is 10.2 Å². The van der Waals surface area contributed by atoms with Crippen molar-refractivity contribution in [2.24, 2.45) is 0 Å². The summed E-state index contributed by atoms with van der Waals surface area (Å²) < 4.78 is 18.4. The van der Waals surface area contributed by atoms with Crippen LogP contribution in [0.25, 0.3) is 0 Å². The van der Waals surface area contributed by atoms with Crippen LogP contribution >= 0.6 is 22.9 Å². The normalized spacial score (nSPS) is 10.3. The van der Waals surface area contributed by atoms with Gasteiger partial charge in [-0.15, -0.1) is 16.7 Å². The Morgan fingerprint density at radius 2 is 2.13 bits per heavy atom. The summed E-state index contributed by atoms with van der Waals surface area (Å²) in [5.74, 6) is -0.0203. The van der Waals surface area contributed by atoms with E-state index in [0.29, 0.717) is 5.01 Å². The molecule has 1 aromatic heterocycles. The highest BCUT2D eigenvalue weighted by molar-refractivity contribution is 7.13. The zero-order valence-electron chi connectivity index (χ0n) is 7.48. The Kier molecular flexibility index (Phi) is 3.13. The number of hydrogen-bond donors (Lipinski definition) is 0. The van der Waals surface area contributed by atoms with E-state index in [4.69, 9.17) is 16.3 Å². The number of aromatic nitrogens is 2. The maximum atomic E-state index is 13.2. The lowest BCUT2D eigenvalue weighted by atomic mass is 10.3. The average molecular weight is 245 g/mol. The van der Waals surface area contributed by atoms with Gasteiger partial charge in [0.15, 0.2) is 11.6 Å². The SMILES string of the molecule is Fc1ccccc1Oc1nnc(CCl)s1. The fourth-order valence-electron chi connectivity index (χ4n) is 0.955. The molecular weight excluding hydrogens is 239 g/mol. The van der Waals surface area contributed by atoms with Crippen molar-refractivity contribution < 1.29 is 9.13 Å². The first-order chi connectivity index (χ1) is 7.29. The summed E-state index contributed by atoms with van der Waals surface area (Å²) in [5.41, 5.74) is 0. The number of rotatable bonds is 3. The Morgan fingerprint density at radius 1 is 1.33 bits per heavy atom. The van der Waals surface area contributed by atoms with Crippen molar-refractivity contribution in [3.05, 3.63) is 35.1 Å². The number of para-hydroxylation sites is 1. The second-order valence-electron chi connectivity index (χ2n) is 2.63. The predicted octanol–water partition coefficient (Wildman–Crippen LogP) is 3.21. The Morgan fingerprint density at radius 3 is 2.80 bits per heavy atom. The molecule has 0 atom stereocenters. The number of ether oxygens (including phenoxy) is 1. The van der Waals surface area contributed by atoms with Crippen LogP contribution in [0.5, 0.6) is 10.9 Å². The van der Waals surface area contributed by atoms with Crippen molar-refractivity contribution in [3.8, 4) is 10.9 Å². The predicted molar refractivity (Wildman–Crippen MR) is 55.9 cm³/mol. The second-order valence-corrected chi connectivity index (χ2v) is 3.92. The molecule has 0 bridgehead atoms.